The first-order valence-corrected chi connectivity index (χ1v) is 7.11. The van der Waals surface area contributed by atoms with E-state index in [4.69, 9.17) is 0 Å². The molecule has 0 spiro atoms. The Morgan fingerprint density at radius 3 is 2.53 bits per heavy atom. The predicted octanol–water partition coefficient (Wildman–Crippen LogP) is 2.68. The summed E-state index contributed by atoms with van der Waals surface area (Å²) < 4.78 is 2.24. The summed E-state index contributed by atoms with van der Waals surface area (Å²) in [5.41, 5.74) is 2.75. The quantitative estimate of drug-likeness (QED) is 0.754. The van der Waals surface area contributed by atoms with Crippen molar-refractivity contribution in [2.45, 2.75) is 19.4 Å². The van der Waals surface area contributed by atoms with Crippen LogP contribution in [0.15, 0.2) is 41.4 Å². The highest BCUT2D eigenvalue weighted by molar-refractivity contribution is 7.07. The Hall–Kier alpha value is -1.35. The highest BCUT2D eigenvalue weighted by Crippen LogP contribution is 2.18. The van der Waals surface area contributed by atoms with E-state index in [0.717, 1.165) is 6.54 Å². The molecule has 2 nitrogen and oxygen atoms in total. The third kappa shape index (κ3) is 2.50. The van der Waals surface area contributed by atoms with E-state index in [-0.39, 0.29) is 0 Å². The summed E-state index contributed by atoms with van der Waals surface area (Å²) in [4.78, 5) is 2.47. The highest BCUT2D eigenvalue weighted by Gasteiger charge is 2.13. The molecule has 1 aliphatic rings. The Labute approximate surface area is 106 Å². The minimum atomic E-state index is 0.976. The summed E-state index contributed by atoms with van der Waals surface area (Å²) in [5, 5.41) is 4.34. The fourth-order valence-electron chi connectivity index (χ4n) is 2.33. The van der Waals surface area contributed by atoms with Crippen molar-refractivity contribution < 1.29 is 4.57 Å². The van der Waals surface area contributed by atoms with Gasteiger partial charge < -0.3 is 4.90 Å². The molecular weight excluding hydrogens is 228 g/mol. The molecule has 0 saturated carbocycles. The molecule has 0 aromatic carbocycles. The van der Waals surface area contributed by atoms with Crippen LogP contribution in [0.2, 0.25) is 0 Å². The van der Waals surface area contributed by atoms with E-state index in [1.807, 2.05) is 0 Å². The first kappa shape index (κ1) is 10.8. The average molecular weight is 245 g/mol. The van der Waals surface area contributed by atoms with Crippen molar-refractivity contribution in [3.63, 3.8) is 0 Å². The Morgan fingerprint density at radius 2 is 1.88 bits per heavy atom. The Kier molecular flexibility index (Phi) is 3.10. The molecule has 3 rings (SSSR count). The highest BCUT2D eigenvalue weighted by atomic mass is 32.1. The zero-order valence-corrected chi connectivity index (χ0v) is 10.7. The van der Waals surface area contributed by atoms with Crippen LogP contribution in [-0.2, 0) is 6.54 Å². The number of pyridine rings is 1. The lowest BCUT2D eigenvalue weighted by molar-refractivity contribution is -0.688. The van der Waals surface area contributed by atoms with E-state index in [9.17, 15) is 0 Å². The van der Waals surface area contributed by atoms with E-state index < -0.39 is 0 Å². The van der Waals surface area contributed by atoms with Gasteiger partial charge in [0.25, 0.3) is 0 Å². The lowest BCUT2D eigenvalue weighted by atomic mass is 10.3. The molecule has 2 aromatic heterocycles. The van der Waals surface area contributed by atoms with Crippen LogP contribution in [0.1, 0.15) is 18.4 Å². The third-order valence-corrected chi connectivity index (χ3v) is 4.02. The number of hydrogen-bond donors (Lipinski definition) is 0. The van der Waals surface area contributed by atoms with Crippen LogP contribution in [0, 0.1) is 0 Å². The number of anilines is 1. The standard InChI is InChI=1S/C14H17N2S/c1-2-7-16(6-1)14-3-8-15(9-4-14)11-13-5-10-17-12-13/h3-5,8-10,12H,1-2,6-7,11H2/q+1. The second-order valence-electron chi connectivity index (χ2n) is 4.55. The average Bonchev–Trinajstić information content (AvgIpc) is 3.01. The maximum absolute atomic E-state index is 2.47. The normalized spacial score (nSPS) is 15.4. The molecule has 3 heterocycles. The minimum absolute atomic E-state index is 0.976. The van der Waals surface area contributed by atoms with Crippen molar-refractivity contribution in [2.24, 2.45) is 0 Å². The summed E-state index contributed by atoms with van der Waals surface area (Å²) in [6, 6.07) is 6.65. The number of rotatable bonds is 3. The number of nitrogens with zero attached hydrogens (tertiary/aromatic N) is 2. The van der Waals surface area contributed by atoms with Gasteiger partial charge in [0.2, 0.25) is 0 Å². The SMILES string of the molecule is c1cc(C[n+]2ccc(N3CCCC3)cc2)cs1. The third-order valence-electron chi connectivity index (χ3n) is 3.29. The van der Waals surface area contributed by atoms with Crippen LogP contribution in [0.5, 0.6) is 0 Å². The van der Waals surface area contributed by atoms with Gasteiger partial charge in [0.15, 0.2) is 18.9 Å². The maximum atomic E-state index is 2.47. The molecule has 3 heteroatoms. The molecule has 88 valence electrons. The zero-order chi connectivity index (χ0) is 11.5. The summed E-state index contributed by atoms with van der Waals surface area (Å²) >= 11 is 1.76. The van der Waals surface area contributed by atoms with Crippen molar-refractivity contribution in [2.75, 3.05) is 18.0 Å². The molecule has 0 aliphatic carbocycles. The number of aromatic nitrogens is 1. The van der Waals surface area contributed by atoms with Crippen molar-refractivity contribution >= 4 is 17.0 Å². The lowest BCUT2D eigenvalue weighted by Gasteiger charge is -2.16. The maximum Gasteiger partial charge on any atom is 0.174 e. The van der Waals surface area contributed by atoms with Crippen LogP contribution in [0.3, 0.4) is 0 Å². The van der Waals surface area contributed by atoms with Crippen LogP contribution in [-0.4, -0.2) is 13.1 Å². The molecule has 1 saturated heterocycles. The van der Waals surface area contributed by atoms with Gasteiger partial charge in [-0.05, 0) is 24.3 Å². The monoisotopic (exact) mass is 245 g/mol. The van der Waals surface area contributed by atoms with Crippen LogP contribution in [0.25, 0.3) is 0 Å². The lowest BCUT2D eigenvalue weighted by Crippen LogP contribution is -2.33. The Bertz CT molecular complexity index is 455. The van der Waals surface area contributed by atoms with Gasteiger partial charge in [-0.15, -0.1) is 0 Å². The Morgan fingerprint density at radius 1 is 1.12 bits per heavy atom. The first-order valence-electron chi connectivity index (χ1n) is 6.17. The van der Waals surface area contributed by atoms with E-state index in [1.165, 1.54) is 37.2 Å². The summed E-state index contributed by atoms with van der Waals surface area (Å²) in [5.74, 6) is 0. The fraction of sp³-hybridized carbons (Fsp3) is 0.357. The number of hydrogen-bond acceptors (Lipinski definition) is 2. The second kappa shape index (κ2) is 4.88. The summed E-state index contributed by atoms with van der Waals surface area (Å²) in [7, 11) is 0. The van der Waals surface area contributed by atoms with Crippen molar-refractivity contribution in [1.82, 2.24) is 0 Å². The largest absolute Gasteiger partial charge is 0.371 e. The van der Waals surface area contributed by atoms with Crippen molar-refractivity contribution in [3.8, 4) is 0 Å². The molecule has 0 radical (unpaired) electrons. The predicted molar refractivity (Wildman–Crippen MR) is 71.5 cm³/mol. The van der Waals surface area contributed by atoms with Crippen LogP contribution in [0.4, 0.5) is 5.69 Å². The topological polar surface area (TPSA) is 7.12 Å². The molecule has 0 N–H and O–H groups in total. The van der Waals surface area contributed by atoms with E-state index >= 15 is 0 Å². The van der Waals surface area contributed by atoms with Gasteiger partial charge in [0, 0.05) is 41.9 Å². The molecular formula is C14H17N2S+. The van der Waals surface area contributed by atoms with E-state index in [2.05, 4.69) is 50.8 Å². The zero-order valence-electron chi connectivity index (χ0n) is 9.88. The van der Waals surface area contributed by atoms with Crippen LogP contribution >= 0.6 is 11.3 Å². The molecule has 0 amide bonds. The van der Waals surface area contributed by atoms with E-state index in [0.29, 0.717) is 0 Å². The first-order chi connectivity index (χ1) is 8.42. The Balaban J connectivity index is 1.71. The van der Waals surface area contributed by atoms with Gasteiger partial charge in [0.05, 0.1) is 0 Å². The van der Waals surface area contributed by atoms with Gasteiger partial charge >= 0.3 is 0 Å². The van der Waals surface area contributed by atoms with Crippen LogP contribution < -0.4 is 9.47 Å². The fourth-order valence-corrected chi connectivity index (χ4v) is 2.99. The van der Waals surface area contributed by atoms with E-state index in [1.54, 1.807) is 11.3 Å². The molecule has 0 bridgehead atoms. The van der Waals surface area contributed by atoms with Crippen molar-refractivity contribution in [3.05, 3.63) is 46.9 Å². The summed E-state index contributed by atoms with van der Waals surface area (Å²) in [6.45, 7) is 3.41. The molecule has 17 heavy (non-hydrogen) atoms. The molecule has 1 aliphatic heterocycles. The molecule has 2 aromatic rings. The number of thiophene rings is 1. The summed E-state index contributed by atoms with van der Waals surface area (Å²) in [6.07, 6.45) is 7.05. The van der Waals surface area contributed by atoms with Gasteiger partial charge in [-0.25, -0.2) is 4.57 Å². The van der Waals surface area contributed by atoms with Gasteiger partial charge in [-0.2, -0.15) is 11.3 Å². The minimum Gasteiger partial charge on any atom is -0.371 e. The van der Waals surface area contributed by atoms with Gasteiger partial charge in [0.1, 0.15) is 0 Å². The molecule has 0 atom stereocenters. The van der Waals surface area contributed by atoms with Gasteiger partial charge in [-0.1, -0.05) is 0 Å². The molecule has 1 fully saturated rings. The smallest absolute Gasteiger partial charge is 0.174 e. The second-order valence-corrected chi connectivity index (χ2v) is 5.33. The van der Waals surface area contributed by atoms with Crippen molar-refractivity contribution in [1.29, 1.82) is 0 Å². The molecule has 0 unspecified atom stereocenters. The van der Waals surface area contributed by atoms with Gasteiger partial charge in [-0.3, -0.25) is 0 Å².